The van der Waals surface area contributed by atoms with Gasteiger partial charge < -0.3 is 19.9 Å². The van der Waals surface area contributed by atoms with Gasteiger partial charge in [-0.2, -0.15) is 0 Å². The van der Waals surface area contributed by atoms with Crippen molar-refractivity contribution in [2.45, 2.75) is 6.10 Å². The molecule has 0 bridgehead atoms. The summed E-state index contributed by atoms with van der Waals surface area (Å²) < 4.78 is 10.8. The molecule has 1 saturated heterocycles. The second kappa shape index (κ2) is 9.23. The van der Waals surface area contributed by atoms with Gasteiger partial charge in [-0.1, -0.05) is 17.7 Å². The minimum Gasteiger partial charge on any atom is -0.491 e. The summed E-state index contributed by atoms with van der Waals surface area (Å²) >= 11 is 5.87. The van der Waals surface area contributed by atoms with Gasteiger partial charge in [0.1, 0.15) is 18.5 Å². The van der Waals surface area contributed by atoms with E-state index in [0.717, 1.165) is 39.4 Å². The van der Waals surface area contributed by atoms with Gasteiger partial charge in [0, 0.05) is 37.7 Å². The van der Waals surface area contributed by atoms with Crippen molar-refractivity contribution in [2.24, 2.45) is 0 Å². The lowest BCUT2D eigenvalue weighted by Crippen LogP contribution is -2.41. The number of morpholine rings is 1. The molecule has 0 aliphatic carbocycles. The largest absolute Gasteiger partial charge is 0.491 e. The van der Waals surface area contributed by atoms with Gasteiger partial charge in [0.05, 0.1) is 13.2 Å². The normalized spacial score (nSPS) is 17.6. The second-order valence-corrected chi connectivity index (χ2v) is 5.52. The van der Waals surface area contributed by atoms with Crippen molar-refractivity contribution in [3.63, 3.8) is 0 Å². The van der Waals surface area contributed by atoms with Crippen LogP contribution in [-0.4, -0.2) is 68.7 Å². The number of hydrogen-bond acceptors (Lipinski definition) is 5. The molecule has 1 aliphatic heterocycles. The summed E-state index contributed by atoms with van der Waals surface area (Å²) in [6.07, 6.45) is -0.534. The van der Waals surface area contributed by atoms with E-state index in [1.807, 2.05) is 12.1 Å². The van der Waals surface area contributed by atoms with Crippen LogP contribution in [0.15, 0.2) is 24.3 Å². The SMILES string of the molecule is OC(CNCCN1CCOCC1)COc1cccc(Cl)c1. The molecule has 2 rings (SSSR count). The number of halogens is 1. The Hall–Kier alpha value is -0.850. The van der Waals surface area contributed by atoms with Gasteiger partial charge in [-0.3, -0.25) is 4.90 Å². The van der Waals surface area contributed by atoms with E-state index in [1.54, 1.807) is 12.1 Å². The first-order valence-corrected chi connectivity index (χ1v) is 7.69. The van der Waals surface area contributed by atoms with Gasteiger partial charge in [-0.15, -0.1) is 0 Å². The number of nitrogens with one attached hydrogen (secondary N) is 1. The van der Waals surface area contributed by atoms with Crippen LogP contribution in [0.4, 0.5) is 0 Å². The first kappa shape index (κ1) is 16.5. The topological polar surface area (TPSA) is 54.0 Å². The zero-order chi connectivity index (χ0) is 14.9. The fraction of sp³-hybridized carbons (Fsp3) is 0.600. The van der Waals surface area contributed by atoms with Crippen molar-refractivity contribution >= 4 is 11.6 Å². The van der Waals surface area contributed by atoms with E-state index in [1.165, 1.54) is 0 Å². The average molecular weight is 315 g/mol. The van der Waals surface area contributed by atoms with E-state index in [2.05, 4.69) is 10.2 Å². The third kappa shape index (κ3) is 6.63. The maximum Gasteiger partial charge on any atom is 0.120 e. The third-order valence-electron chi connectivity index (χ3n) is 3.33. The lowest BCUT2D eigenvalue weighted by atomic mass is 10.3. The van der Waals surface area contributed by atoms with Crippen molar-refractivity contribution in [3.8, 4) is 5.75 Å². The average Bonchev–Trinajstić information content (AvgIpc) is 2.51. The molecule has 0 amide bonds. The van der Waals surface area contributed by atoms with Crippen LogP contribution in [0.5, 0.6) is 5.75 Å². The minimum absolute atomic E-state index is 0.255. The molecule has 1 aromatic carbocycles. The molecule has 1 aliphatic rings. The first-order valence-electron chi connectivity index (χ1n) is 7.31. The van der Waals surface area contributed by atoms with Gasteiger partial charge in [-0.25, -0.2) is 0 Å². The van der Waals surface area contributed by atoms with E-state index in [9.17, 15) is 5.11 Å². The fourth-order valence-corrected chi connectivity index (χ4v) is 2.32. The van der Waals surface area contributed by atoms with Gasteiger partial charge in [0.2, 0.25) is 0 Å². The maximum absolute atomic E-state index is 9.86. The molecule has 0 radical (unpaired) electrons. The standard InChI is InChI=1S/C15H23ClN2O3/c16-13-2-1-3-15(10-13)21-12-14(19)11-17-4-5-18-6-8-20-9-7-18/h1-3,10,14,17,19H,4-9,11-12H2. The fourth-order valence-electron chi connectivity index (χ4n) is 2.14. The zero-order valence-corrected chi connectivity index (χ0v) is 12.9. The number of benzene rings is 1. The van der Waals surface area contributed by atoms with E-state index < -0.39 is 6.10 Å². The molecule has 1 unspecified atom stereocenters. The number of ether oxygens (including phenoxy) is 2. The van der Waals surface area contributed by atoms with E-state index in [4.69, 9.17) is 21.1 Å². The Morgan fingerprint density at radius 2 is 2.19 bits per heavy atom. The molecular weight excluding hydrogens is 292 g/mol. The first-order chi connectivity index (χ1) is 10.2. The van der Waals surface area contributed by atoms with Crippen LogP contribution < -0.4 is 10.1 Å². The molecular formula is C15H23ClN2O3. The second-order valence-electron chi connectivity index (χ2n) is 5.08. The summed E-state index contributed by atoms with van der Waals surface area (Å²) in [6, 6.07) is 7.17. The smallest absolute Gasteiger partial charge is 0.120 e. The molecule has 1 fully saturated rings. The number of aliphatic hydroxyl groups excluding tert-OH is 1. The summed E-state index contributed by atoms with van der Waals surface area (Å²) in [5.74, 6) is 0.676. The Balaban J connectivity index is 1.54. The Kier molecular flexibility index (Phi) is 7.26. The molecule has 6 heteroatoms. The number of hydrogen-bond donors (Lipinski definition) is 2. The molecule has 0 spiro atoms. The molecule has 1 atom stereocenters. The molecule has 118 valence electrons. The Bertz CT molecular complexity index is 414. The minimum atomic E-state index is -0.534. The molecule has 1 aromatic rings. The Labute approximate surface area is 130 Å². The molecule has 0 aromatic heterocycles. The summed E-state index contributed by atoms with van der Waals surface area (Å²) in [7, 11) is 0. The number of rotatable bonds is 8. The number of aliphatic hydroxyl groups is 1. The molecule has 1 heterocycles. The highest BCUT2D eigenvalue weighted by molar-refractivity contribution is 6.30. The zero-order valence-electron chi connectivity index (χ0n) is 12.1. The van der Waals surface area contributed by atoms with Gasteiger partial charge >= 0.3 is 0 Å². The lowest BCUT2D eigenvalue weighted by Gasteiger charge is -2.26. The molecule has 5 nitrogen and oxygen atoms in total. The molecule has 0 saturated carbocycles. The summed E-state index contributed by atoms with van der Waals surface area (Å²) in [5.41, 5.74) is 0. The van der Waals surface area contributed by atoms with Crippen molar-refractivity contribution < 1.29 is 14.6 Å². The predicted molar refractivity (Wildman–Crippen MR) is 83.1 cm³/mol. The van der Waals surface area contributed by atoms with Crippen molar-refractivity contribution in [1.82, 2.24) is 10.2 Å². The van der Waals surface area contributed by atoms with Crippen LogP contribution in [0.25, 0.3) is 0 Å². The third-order valence-corrected chi connectivity index (χ3v) is 3.56. The van der Waals surface area contributed by atoms with Crippen molar-refractivity contribution in [2.75, 3.05) is 52.5 Å². The monoisotopic (exact) mass is 314 g/mol. The van der Waals surface area contributed by atoms with E-state index in [-0.39, 0.29) is 6.61 Å². The Morgan fingerprint density at radius 1 is 1.38 bits per heavy atom. The van der Waals surface area contributed by atoms with Crippen molar-refractivity contribution in [1.29, 1.82) is 0 Å². The molecule has 21 heavy (non-hydrogen) atoms. The van der Waals surface area contributed by atoms with Gasteiger partial charge in [-0.05, 0) is 18.2 Å². The maximum atomic E-state index is 9.86. The highest BCUT2D eigenvalue weighted by Crippen LogP contribution is 2.17. The number of nitrogens with zero attached hydrogens (tertiary/aromatic N) is 1. The highest BCUT2D eigenvalue weighted by Gasteiger charge is 2.10. The summed E-state index contributed by atoms with van der Waals surface area (Å²) in [4.78, 5) is 2.35. The van der Waals surface area contributed by atoms with Crippen LogP contribution >= 0.6 is 11.6 Å². The molecule has 2 N–H and O–H groups in total. The van der Waals surface area contributed by atoms with Crippen LogP contribution in [0.2, 0.25) is 5.02 Å². The summed E-state index contributed by atoms with van der Waals surface area (Å²) in [5, 5.41) is 13.7. The van der Waals surface area contributed by atoms with Crippen LogP contribution in [0.3, 0.4) is 0 Å². The van der Waals surface area contributed by atoms with Crippen molar-refractivity contribution in [3.05, 3.63) is 29.3 Å². The van der Waals surface area contributed by atoms with Gasteiger partial charge in [0.15, 0.2) is 0 Å². The van der Waals surface area contributed by atoms with E-state index in [0.29, 0.717) is 17.3 Å². The van der Waals surface area contributed by atoms with Crippen LogP contribution in [-0.2, 0) is 4.74 Å². The highest BCUT2D eigenvalue weighted by atomic mass is 35.5. The summed E-state index contributed by atoms with van der Waals surface area (Å²) in [6.45, 7) is 6.21. The van der Waals surface area contributed by atoms with E-state index >= 15 is 0 Å². The predicted octanol–water partition coefficient (Wildman–Crippen LogP) is 1.00. The lowest BCUT2D eigenvalue weighted by molar-refractivity contribution is 0.0376. The van der Waals surface area contributed by atoms with Crippen LogP contribution in [0, 0.1) is 0 Å². The van der Waals surface area contributed by atoms with Gasteiger partial charge in [0.25, 0.3) is 0 Å². The quantitative estimate of drug-likeness (QED) is 0.701. The van der Waals surface area contributed by atoms with Crippen LogP contribution in [0.1, 0.15) is 0 Å². The Morgan fingerprint density at radius 3 is 2.95 bits per heavy atom.